The van der Waals surface area contributed by atoms with Gasteiger partial charge in [0.25, 0.3) is 0 Å². The Bertz CT molecular complexity index is 564. The monoisotopic (exact) mass is 250 g/mol. The maximum absolute atomic E-state index is 13.1. The van der Waals surface area contributed by atoms with E-state index in [-0.39, 0.29) is 5.84 Å². The number of aryl methyl sites for hydroxylation is 1. The molecule has 0 amide bonds. The van der Waals surface area contributed by atoms with Gasteiger partial charge in [-0.2, -0.15) is 5.10 Å². The lowest BCUT2D eigenvalue weighted by atomic mass is 10.2. The lowest BCUT2D eigenvalue weighted by Crippen LogP contribution is -2.12. The van der Waals surface area contributed by atoms with Crippen LogP contribution in [0, 0.1) is 11.2 Å². The molecule has 1 aromatic heterocycles. The summed E-state index contributed by atoms with van der Waals surface area (Å²) >= 11 is 1.40. The van der Waals surface area contributed by atoms with E-state index in [1.54, 1.807) is 16.9 Å². The number of nitrogens with zero attached hydrogens (tertiary/aromatic N) is 2. The summed E-state index contributed by atoms with van der Waals surface area (Å²) in [6, 6.07) is 4.23. The Kier molecular flexibility index (Phi) is 3.14. The Morgan fingerprint density at radius 2 is 2.29 bits per heavy atom. The van der Waals surface area contributed by atoms with Gasteiger partial charge < -0.3 is 5.73 Å². The van der Waals surface area contributed by atoms with Gasteiger partial charge in [-0.25, -0.2) is 4.39 Å². The Balaban J connectivity index is 2.35. The lowest BCUT2D eigenvalue weighted by molar-refractivity contribution is 0.626. The highest BCUT2D eigenvalue weighted by atomic mass is 32.2. The molecule has 6 heteroatoms. The van der Waals surface area contributed by atoms with Gasteiger partial charge in [0.1, 0.15) is 11.7 Å². The minimum absolute atomic E-state index is 0.143. The van der Waals surface area contributed by atoms with Crippen LogP contribution in [0.15, 0.2) is 40.4 Å². The van der Waals surface area contributed by atoms with Crippen molar-refractivity contribution >= 4 is 17.6 Å². The highest BCUT2D eigenvalue weighted by Gasteiger charge is 2.09. The number of nitrogens with two attached hydrogens (primary N) is 1. The number of halogens is 1. The normalized spacial score (nSPS) is 10.5. The van der Waals surface area contributed by atoms with Crippen molar-refractivity contribution in [1.82, 2.24) is 9.78 Å². The van der Waals surface area contributed by atoms with E-state index in [0.29, 0.717) is 5.56 Å². The number of amidine groups is 1. The number of hydrogen-bond donors (Lipinski definition) is 2. The molecule has 0 spiro atoms. The van der Waals surface area contributed by atoms with Crippen LogP contribution in [0.3, 0.4) is 0 Å². The summed E-state index contributed by atoms with van der Waals surface area (Å²) in [5, 5.41) is 11.5. The van der Waals surface area contributed by atoms with Crippen LogP contribution in [-0.2, 0) is 7.05 Å². The first-order chi connectivity index (χ1) is 8.06. The van der Waals surface area contributed by atoms with Crippen molar-refractivity contribution in [2.45, 2.75) is 9.79 Å². The van der Waals surface area contributed by atoms with E-state index >= 15 is 0 Å². The molecule has 0 aliphatic carbocycles. The number of hydrogen-bond acceptors (Lipinski definition) is 3. The zero-order valence-corrected chi connectivity index (χ0v) is 9.96. The molecular formula is C11H11FN4S. The number of rotatable bonds is 3. The van der Waals surface area contributed by atoms with Crippen molar-refractivity contribution in [3.63, 3.8) is 0 Å². The van der Waals surface area contributed by atoms with E-state index in [2.05, 4.69) is 5.10 Å². The average Bonchev–Trinajstić information content (AvgIpc) is 2.66. The number of nitrogens with one attached hydrogen (secondary N) is 1. The van der Waals surface area contributed by atoms with Crippen molar-refractivity contribution < 1.29 is 4.39 Å². The third-order valence-electron chi connectivity index (χ3n) is 2.14. The third-order valence-corrected chi connectivity index (χ3v) is 3.16. The molecule has 0 saturated carbocycles. The standard InChI is InChI=1S/C11H11FN4S/c1-16-6-8(5-15-16)17-10-3-2-7(12)4-9(10)11(13)14/h2-6H,1H3,(H3,13,14). The zero-order chi connectivity index (χ0) is 12.4. The number of aromatic nitrogens is 2. The summed E-state index contributed by atoms with van der Waals surface area (Å²) in [7, 11) is 1.82. The van der Waals surface area contributed by atoms with Gasteiger partial charge in [-0.1, -0.05) is 11.8 Å². The molecule has 3 N–H and O–H groups in total. The second-order valence-corrected chi connectivity index (χ2v) is 4.62. The second-order valence-electron chi connectivity index (χ2n) is 3.51. The Labute approximate surface area is 102 Å². The summed E-state index contributed by atoms with van der Waals surface area (Å²) in [6.45, 7) is 0. The van der Waals surface area contributed by atoms with E-state index in [0.717, 1.165) is 9.79 Å². The SMILES string of the molecule is Cn1cc(Sc2ccc(F)cc2C(=N)N)cn1. The van der Waals surface area contributed by atoms with Crippen molar-refractivity contribution in [3.05, 3.63) is 42.0 Å². The predicted octanol–water partition coefficient (Wildman–Crippen LogP) is 1.99. The summed E-state index contributed by atoms with van der Waals surface area (Å²) in [4.78, 5) is 1.66. The van der Waals surface area contributed by atoms with Gasteiger partial charge >= 0.3 is 0 Å². The highest BCUT2D eigenvalue weighted by Crippen LogP contribution is 2.30. The summed E-state index contributed by atoms with van der Waals surface area (Å²) in [5.41, 5.74) is 5.83. The van der Waals surface area contributed by atoms with Crippen LogP contribution in [0.1, 0.15) is 5.56 Å². The lowest BCUT2D eigenvalue weighted by Gasteiger charge is -2.06. The summed E-state index contributed by atoms with van der Waals surface area (Å²) < 4.78 is 14.8. The van der Waals surface area contributed by atoms with E-state index < -0.39 is 5.82 Å². The van der Waals surface area contributed by atoms with Gasteiger partial charge in [-0.3, -0.25) is 10.1 Å². The minimum Gasteiger partial charge on any atom is -0.384 e. The quantitative estimate of drug-likeness (QED) is 0.646. The molecule has 0 aliphatic rings. The van der Waals surface area contributed by atoms with Gasteiger partial charge in [-0.05, 0) is 18.2 Å². The van der Waals surface area contributed by atoms with Crippen molar-refractivity contribution in [2.24, 2.45) is 12.8 Å². The fourth-order valence-electron chi connectivity index (χ4n) is 1.38. The molecule has 88 valence electrons. The molecule has 1 heterocycles. The molecule has 1 aromatic carbocycles. The molecule has 2 rings (SSSR count). The number of nitrogen functional groups attached to an aromatic ring is 1. The number of benzene rings is 1. The second kappa shape index (κ2) is 4.58. The third kappa shape index (κ3) is 2.65. The van der Waals surface area contributed by atoms with Crippen molar-refractivity contribution in [3.8, 4) is 0 Å². The first-order valence-corrected chi connectivity index (χ1v) is 5.68. The van der Waals surface area contributed by atoms with Gasteiger partial charge in [0, 0.05) is 23.7 Å². The van der Waals surface area contributed by atoms with E-state index in [4.69, 9.17) is 11.1 Å². The molecule has 17 heavy (non-hydrogen) atoms. The molecule has 0 radical (unpaired) electrons. The van der Waals surface area contributed by atoms with E-state index in [9.17, 15) is 4.39 Å². The van der Waals surface area contributed by atoms with E-state index in [1.807, 2.05) is 13.2 Å². The van der Waals surface area contributed by atoms with Crippen LogP contribution in [-0.4, -0.2) is 15.6 Å². The minimum atomic E-state index is -0.397. The van der Waals surface area contributed by atoms with E-state index in [1.165, 1.54) is 23.9 Å². The molecule has 0 aliphatic heterocycles. The van der Waals surface area contributed by atoms with Gasteiger partial charge in [0.15, 0.2) is 0 Å². The van der Waals surface area contributed by atoms with Crippen LogP contribution < -0.4 is 5.73 Å². The van der Waals surface area contributed by atoms with Crippen molar-refractivity contribution in [1.29, 1.82) is 5.41 Å². The molecule has 0 fully saturated rings. The largest absolute Gasteiger partial charge is 0.384 e. The Morgan fingerprint density at radius 3 is 2.88 bits per heavy atom. The predicted molar refractivity (Wildman–Crippen MR) is 64.7 cm³/mol. The zero-order valence-electron chi connectivity index (χ0n) is 9.14. The molecule has 2 aromatic rings. The van der Waals surface area contributed by atoms with Crippen LogP contribution in [0.5, 0.6) is 0 Å². The van der Waals surface area contributed by atoms with Crippen LogP contribution in [0.25, 0.3) is 0 Å². The first-order valence-electron chi connectivity index (χ1n) is 4.86. The summed E-state index contributed by atoms with van der Waals surface area (Å²) in [6.07, 6.45) is 3.55. The topological polar surface area (TPSA) is 67.7 Å². The van der Waals surface area contributed by atoms with Gasteiger partial charge in [-0.15, -0.1) is 0 Å². The molecule has 0 atom stereocenters. The molecule has 4 nitrogen and oxygen atoms in total. The summed E-state index contributed by atoms with van der Waals surface area (Å²) in [5.74, 6) is -0.540. The molecule has 0 saturated heterocycles. The van der Waals surface area contributed by atoms with Crippen LogP contribution in [0.2, 0.25) is 0 Å². The first kappa shape index (κ1) is 11.7. The fourth-order valence-corrected chi connectivity index (χ4v) is 2.35. The maximum Gasteiger partial charge on any atom is 0.124 e. The molecule has 0 bridgehead atoms. The molecular weight excluding hydrogens is 239 g/mol. The van der Waals surface area contributed by atoms with Crippen molar-refractivity contribution in [2.75, 3.05) is 0 Å². The average molecular weight is 250 g/mol. The van der Waals surface area contributed by atoms with Gasteiger partial charge in [0.05, 0.1) is 11.1 Å². The highest BCUT2D eigenvalue weighted by molar-refractivity contribution is 7.99. The Hall–Kier alpha value is -1.82. The fraction of sp³-hybridized carbons (Fsp3) is 0.0909. The van der Waals surface area contributed by atoms with Crippen LogP contribution >= 0.6 is 11.8 Å². The maximum atomic E-state index is 13.1. The Morgan fingerprint density at radius 1 is 1.53 bits per heavy atom. The molecule has 0 unspecified atom stereocenters. The smallest absolute Gasteiger partial charge is 0.124 e. The van der Waals surface area contributed by atoms with Crippen LogP contribution in [0.4, 0.5) is 4.39 Å². The van der Waals surface area contributed by atoms with Gasteiger partial charge in [0.2, 0.25) is 0 Å².